The highest BCUT2D eigenvalue weighted by atomic mass is 32.1. The molecule has 0 saturated heterocycles. The van der Waals surface area contributed by atoms with Crippen LogP contribution in [0.25, 0.3) is 11.3 Å². The molecule has 0 unspecified atom stereocenters. The van der Waals surface area contributed by atoms with Crippen molar-refractivity contribution in [3.05, 3.63) is 71.1 Å². The minimum atomic E-state index is 0.0342. The average molecular weight is 350 g/mol. The van der Waals surface area contributed by atoms with Crippen LogP contribution < -0.4 is 5.32 Å². The number of aromatic nitrogens is 1. The third-order valence-electron chi connectivity index (χ3n) is 4.02. The molecule has 2 aromatic carbocycles. The van der Waals surface area contributed by atoms with Gasteiger partial charge >= 0.3 is 0 Å². The highest BCUT2D eigenvalue weighted by Crippen LogP contribution is 2.31. The van der Waals surface area contributed by atoms with E-state index in [0.29, 0.717) is 11.6 Å². The van der Waals surface area contributed by atoms with Crippen LogP contribution in [0, 0.1) is 0 Å². The number of amides is 1. The Kier molecular flexibility index (Phi) is 5.96. The van der Waals surface area contributed by atoms with Crippen molar-refractivity contribution in [3.63, 3.8) is 0 Å². The fourth-order valence-corrected chi connectivity index (χ4v) is 3.69. The Balaban J connectivity index is 1.59. The second-order valence-corrected chi connectivity index (χ2v) is 6.98. The van der Waals surface area contributed by atoms with Crippen molar-refractivity contribution < 1.29 is 4.79 Å². The molecule has 0 fully saturated rings. The number of hydrogen-bond acceptors (Lipinski definition) is 3. The van der Waals surface area contributed by atoms with Gasteiger partial charge in [-0.3, -0.25) is 4.79 Å². The summed E-state index contributed by atoms with van der Waals surface area (Å²) < 4.78 is 0. The Labute approximate surface area is 152 Å². The molecule has 0 bridgehead atoms. The van der Waals surface area contributed by atoms with Crippen molar-refractivity contribution in [2.75, 3.05) is 5.32 Å². The van der Waals surface area contributed by atoms with E-state index >= 15 is 0 Å². The van der Waals surface area contributed by atoms with E-state index < -0.39 is 0 Å². The van der Waals surface area contributed by atoms with Gasteiger partial charge in [0, 0.05) is 16.9 Å². The molecule has 25 heavy (non-hydrogen) atoms. The zero-order valence-corrected chi connectivity index (χ0v) is 15.2. The minimum absolute atomic E-state index is 0.0342. The zero-order chi connectivity index (χ0) is 17.5. The second kappa shape index (κ2) is 8.58. The van der Waals surface area contributed by atoms with Gasteiger partial charge in [0.1, 0.15) is 0 Å². The molecular weight excluding hydrogens is 328 g/mol. The summed E-state index contributed by atoms with van der Waals surface area (Å²) in [6.07, 6.45) is 3.18. The molecule has 1 aromatic heterocycles. The molecule has 0 radical (unpaired) electrons. The van der Waals surface area contributed by atoms with E-state index in [-0.39, 0.29) is 5.91 Å². The molecule has 0 saturated carbocycles. The minimum Gasteiger partial charge on any atom is -0.302 e. The van der Waals surface area contributed by atoms with Gasteiger partial charge < -0.3 is 5.32 Å². The molecule has 0 atom stereocenters. The molecular formula is C21H22N2OS. The van der Waals surface area contributed by atoms with Crippen LogP contribution in [0.2, 0.25) is 0 Å². The predicted octanol–water partition coefficient (Wildman–Crippen LogP) is 5.33. The third-order valence-corrected chi connectivity index (χ3v) is 5.14. The molecule has 3 aromatic rings. The summed E-state index contributed by atoms with van der Waals surface area (Å²) in [6, 6.07) is 20.4. The fourth-order valence-electron chi connectivity index (χ4n) is 2.75. The van der Waals surface area contributed by atoms with Gasteiger partial charge in [0.2, 0.25) is 5.91 Å². The van der Waals surface area contributed by atoms with Crippen molar-refractivity contribution in [1.82, 2.24) is 4.98 Å². The number of rotatable bonds is 7. The monoisotopic (exact) mass is 350 g/mol. The molecule has 1 amide bonds. The third kappa shape index (κ3) is 4.77. The zero-order valence-electron chi connectivity index (χ0n) is 14.4. The maximum absolute atomic E-state index is 12.2. The van der Waals surface area contributed by atoms with Crippen molar-refractivity contribution in [2.45, 2.75) is 32.6 Å². The van der Waals surface area contributed by atoms with Gasteiger partial charge in [-0.2, -0.15) is 0 Å². The van der Waals surface area contributed by atoms with Gasteiger partial charge in [-0.15, -0.1) is 11.3 Å². The van der Waals surface area contributed by atoms with Gasteiger partial charge in [0.15, 0.2) is 5.13 Å². The van der Waals surface area contributed by atoms with Gasteiger partial charge in [0.05, 0.1) is 5.69 Å². The lowest BCUT2D eigenvalue weighted by molar-refractivity contribution is -0.116. The number of carbonyl (C=O) groups excluding carboxylic acids is 1. The summed E-state index contributed by atoms with van der Waals surface area (Å²) in [5.74, 6) is 0.0342. The Morgan fingerprint density at radius 3 is 2.40 bits per heavy atom. The Morgan fingerprint density at radius 1 is 1.04 bits per heavy atom. The number of nitrogens with zero attached hydrogens (tertiary/aromatic N) is 1. The van der Waals surface area contributed by atoms with E-state index in [0.717, 1.165) is 30.5 Å². The molecule has 0 aliphatic heterocycles. The number of aryl methyl sites for hydroxylation is 2. The van der Waals surface area contributed by atoms with Gasteiger partial charge in [-0.05, 0) is 24.8 Å². The number of anilines is 1. The normalized spacial score (nSPS) is 10.6. The van der Waals surface area contributed by atoms with Crippen LogP contribution in [-0.2, 0) is 17.6 Å². The van der Waals surface area contributed by atoms with E-state index in [1.54, 1.807) is 11.3 Å². The molecule has 0 spiro atoms. The van der Waals surface area contributed by atoms with Crippen LogP contribution in [0.1, 0.15) is 30.2 Å². The maximum Gasteiger partial charge on any atom is 0.226 e. The molecule has 0 aliphatic carbocycles. The van der Waals surface area contributed by atoms with Gasteiger partial charge in [0.25, 0.3) is 0 Å². The Bertz CT molecular complexity index is 812. The predicted molar refractivity (Wildman–Crippen MR) is 105 cm³/mol. The van der Waals surface area contributed by atoms with Gasteiger partial charge in [-0.25, -0.2) is 4.98 Å². The molecule has 3 rings (SSSR count). The summed E-state index contributed by atoms with van der Waals surface area (Å²) >= 11 is 1.57. The average Bonchev–Trinajstić information content (AvgIpc) is 3.06. The number of benzene rings is 2. The highest BCUT2D eigenvalue weighted by molar-refractivity contribution is 7.16. The highest BCUT2D eigenvalue weighted by Gasteiger charge is 2.13. The van der Waals surface area contributed by atoms with Crippen molar-refractivity contribution in [1.29, 1.82) is 0 Å². The molecule has 1 N–H and O–H groups in total. The topological polar surface area (TPSA) is 42.0 Å². The fraction of sp³-hybridized carbons (Fsp3) is 0.238. The first-order valence-electron chi connectivity index (χ1n) is 8.65. The Morgan fingerprint density at radius 2 is 1.72 bits per heavy atom. The summed E-state index contributed by atoms with van der Waals surface area (Å²) in [6.45, 7) is 2.12. The number of nitrogens with one attached hydrogen (secondary N) is 1. The second-order valence-electron chi connectivity index (χ2n) is 5.90. The lowest BCUT2D eigenvalue weighted by Gasteiger charge is -2.02. The number of hydrogen-bond donors (Lipinski definition) is 1. The first-order chi connectivity index (χ1) is 12.3. The van der Waals surface area contributed by atoms with E-state index in [2.05, 4.69) is 41.5 Å². The molecule has 128 valence electrons. The molecule has 3 nitrogen and oxygen atoms in total. The largest absolute Gasteiger partial charge is 0.302 e. The Hall–Kier alpha value is -2.46. The standard InChI is InChI=1S/C21H22N2OS/c1-2-18-20(17-13-7-4-8-14-17)23-21(25-18)22-19(24)15-9-12-16-10-5-3-6-11-16/h3-8,10-11,13-14H,2,9,12,15H2,1H3,(H,22,23,24). The molecule has 1 heterocycles. The van der Waals surface area contributed by atoms with Crippen LogP contribution >= 0.6 is 11.3 Å². The first kappa shape index (κ1) is 17.4. The first-order valence-corrected chi connectivity index (χ1v) is 9.47. The summed E-state index contributed by atoms with van der Waals surface area (Å²) in [5.41, 5.74) is 3.34. The van der Waals surface area contributed by atoms with Crippen LogP contribution in [-0.4, -0.2) is 10.9 Å². The van der Waals surface area contributed by atoms with E-state index in [1.807, 2.05) is 36.4 Å². The van der Waals surface area contributed by atoms with Crippen molar-refractivity contribution in [2.24, 2.45) is 0 Å². The van der Waals surface area contributed by atoms with Gasteiger partial charge in [-0.1, -0.05) is 67.6 Å². The van der Waals surface area contributed by atoms with Crippen LogP contribution in [0.15, 0.2) is 60.7 Å². The van der Waals surface area contributed by atoms with E-state index in [9.17, 15) is 4.79 Å². The van der Waals surface area contributed by atoms with Crippen LogP contribution in [0.5, 0.6) is 0 Å². The lowest BCUT2D eigenvalue weighted by atomic mass is 10.1. The summed E-state index contributed by atoms with van der Waals surface area (Å²) in [7, 11) is 0. The van der Waals surface area contributed by atoms with Crippen molar-refractivity contribution in [3.8, 4) is 11.3 Å². The quantitative estimate of drug-likeness (QED) is 0.625. The summed E-state index contributed by atoms with van der Waals surface area (Å²) in [4.78, 5) is 18.0. The van der Waals surface area contributed by atoms with Crippen LogP contribution in [0.3, 0.4) is 0 Å². The molecule has 4 heteroatoms. The maximum atomic E-state index is 12.2. The SMILES string of the molecule is CCc1sc(NC(=O)CCCc2ccccc2)nc1-c1ccccc1. The lowest BCUT2D eigenvalue weighted by Crippen LogP contribution is -2.11. The number of carbonyl (C=O) groups is 1. The molecule has 0 aliphatic rings. The number of thiazole rings is 1. The summed E-state index contributed by atoms with van der Waals surface area (Å²) in [5, 5.41) is 3.66. The van der Waals surface area contributed by atoms with E-state index in [4.69, 9.17) is 0 Å². The van der Waals surface area contributed by atoms with Crippen LogP contribution in [0.4, 0.5) is 5.13 Å². The smallest absolute Gasteiger partial charge is 0.226 e. The van der Waals surface area contributed by atoms with E-state index in [1.165, 1.54) is 10.4 Å². The van der Waals surface area contributed by atoms with Crippen molar-refractivity contribution >= 4 is 22.4 Å².